The molecule has 2 saturated heterocycles. The minimum atomic E-state index is -0.719. The second-order valence-electron chi connectivity index (χ2n) is 15.4. The molecule has 6 aromatic rings. The van der Waals surface area contributed by atoms with Crippen LogP contribution in [0.1, 0.15) is 70.2 Å². The van der Waals surface area contributed by atoms with Crippen LogP contribution in [0.2, 0.25) is 0 Å². The molecule has 5 heterocycles. The summed E-state index contributed by atoms with van der Waals surface area (Å²) in [5.74, 6) is 1.01. The molecule has 2 aliphatic heterocycles. The Morgan fingerprint density at radius 2 is 1.24 bits per heavy atom. The molecule has 4 atom stereocenters. The first-order valence-corrected chi connectivity index (χ1v) is 19.7. The molecule has 0 bridgehead atoms. The molecule has 3 aromatic carbocycles. The Morgan fingerprint density at radius 1 is 0.690 bits per heavy atom. The number of hydrogen-bond donors (Lipinski definition) is 4. The highest BCUT2D eigenvalue weighted by atomic mass is 16.5. The third-order valence-electron chi connectivity index (χ3n) is 11.3. The van der Waals surface area contributed by atoms with Crippen LogP contribution in [0.3, 0.4) is 0 Å². The number of nitrogens with zero attached hydrogens (tertiary/aromatic N) is 5. The number of carbonyl (C=O) groups excluding carboxylic acids is 4. The van der Waals surface area contributed by atoms with Gasteiger partial charge in [0, 0.05) is 30.2 Å². The van der Waals surface area contributed by atoms with Crippen LogP contribution in [-0.4, -0.2) is 98.1 Å². The number of hydrogen-bond acceptors (Lipinski definition) is 9. The average Bonchev–Trinajstić information content (AvgIpc) is 4.06. The van der Waals surface area contributed by atoms with E-state index in [0.29, 0.717) is 18.9 Å². The maximum absolute atomic E-state index is 13.6. The van der Waals surface area contributed by atoms with Gasteiger partial charge in [0.1, 0.15) is 23.7 Å². The minimum absolute atomic E-state index is 0.112. The van der Waals surface area contributed by atoms with Crippen LogP contribution in [0.15, 0.2) is 66.9 Å². The smallest absolute Gasteiger partial charge is 0.407 e. The Labute approximate surface area is 334 Å². The number of nitrogens with one attached hydrogen (secondary N) is 4. The number of alkyl carbamates (subject to hydrolysis) is 2. The van der Waals surface area contributed by atoms with Crippen molar-refractivity contribution in [3.05, 3.63) is 78.5 Å². The number of ether oxygens (including phenoxy) is 2. The van der Waals surface area contributed by atoms with E-state index in [0.717, 1.165) is 86.7 Å². The molecule has 2 aliphatic rings. The summed E-state index contributed by atoms with van der Waals surface area (Å²) in [7, 11) is 2.56. The first kappa shape index (κ1) is 38.4. The second kappa shape index (κ2) is 15.8. The lowest BCUT2D eigenvalue weighted by Gasteiger charge is -2.29. The van der Waals surface area contributed by atoms with Crippen LogP contribution in [0, 0.1) is 5.92 Å². The molecule has 0 radical (unpaired) electrons. The molecule has 0 saturated carbocycles. The maximum Gasteiger partial charge on any atom is 0.407 e. The van der Waals surface area contributed by atoms with E-state index >= 15 is 0 Å². The number of fused-ring (bicyclic) bond motifs is 3. The summed E-state index contributed by atoms with van der Waals surface area (Å²) in [6.07, 6.45) is 3.85. The zero-order chi connectivity index (χ0) is 40.7. The molecule has 0 spiro atoms. The third-order valence-corrected chi connectivity index (χ3v) is 11.3. The van der Waals surface area contributed by atoms with Crippen molar-refractivity contribution < 1.29 is 28.7 Å². The monoisotopic (exact) mass is 785 g/mol. The van der Waals surface area contributed by atoms with Gasteiger partial charge >= 0.3 is 12.2 Å². The highest BCUT2D eigenvalue weighted by Gasteiger charge is 2.38. The van der Waals surface area contributed by atoms with Crippen molar-refractivity contribution in [3.63, 3.8) is 0 Å². The van der Waals surface area contributed by atoms with Crippen LogP contribution in [-0.2, 0) is 19.1 Å². The summed E-state index contributed by atoms with van der Waals surface area (Å²) >= 11 is 0. The van der Waals surface area contributed by atoms with E-state index in [-0.39, 0.29) is 29.8 Å². The van der Waals surface area contributed by atoms with Crippen LogP contribution in [0.4, 0.5) is 9.59 Å². The van der Waals surface area contributed by atoms with E-state index in [4.69, 9.17) is 19.7 Å². The summed E-state index contributed by atoms with van der Waals surface area (Å²) in [6, 6.07) is 18.7. The van der Waals surface area contributed by atoms with Crippen molar-refractivity contribution >= 4 is 56.8 Å². The molecule has 2 fully saturated rings. The van der Waals surface area contributed by atoms with Gasteiger partial charge in [-0.3, -0.25) is 14.6 Å². The van der Waals surface area contributed by atoms with Crippen molar-refractivity contribution in [1.82, 2.24) is 45.4 Å². The van der Waals surface area contributed by atoms with Crippen molar-refractivity contribution in [2.75, 3.05) is 27.3 Å². The van der Waals surface area contributed by atoms with Gasteiger partial charge in [0.15, 0.2) is 0 Å². The number of methoxy groups -OCH3 is 2. The van der Waals surface area contributed by atoms with Crippen LogP contribution in [0.5, 0.6) is 0 Å². The van der Waals surface area contributed by atoms with Crippen molar-refractivity contribution in [1.29, 1.82) is 0 Å². The van der Waals surface area contributed by atoms with E-state index < -0.39 is 24.3 Å². The van der Waals surface area contributed by atoms with Gasteiger partial charge in [-0.1, -0.05) is 38.1 Å². The predicted molar refractivity (Wildman–Crippen MR) is 218 cm³/mol. The Bertz CT molecular complexity index is 2550. The highest BCUT2D eigenvalue weighted by Crippen LogP contribution is 2.36. The molecule has 15 heteroatoms. The third kappa shape index (κ3) is 7.39. The number of aromatic nitrogens is 5. The van der Waals surface area contributed by atoms with Crippen LogP contribution >= 0.6 is 0 Å². The van der Waals surface area contributed by atoms with Gasteiger partial charge in [-0.2, -0.15) is 0 Å². The number of amides is 4. The van der Waals surface area contributed by atoms with E-state index in [9.17, 15) is 19.2 Å². The number of carbonyl (C=O) groups is 4. The standard InChI is InChI=1S/C43H47N9O6/c1-23(2)37(50-43(56)58-5)41(54)52-17-7-9-36(52)39-46-30-14-12-26(20-33(30)48-39)25-10-11-27-19-32(44-22-29(27)18-25)28-13-15-31-34(21-28)49-38(47-31)35-8-6-16-51(35)40(53)24(3)45-42(55)57-4/h10-15,18-24,35-37H,6-9,16-17H2,1-5H3,(H,45,55)(H,46,48)(H,47,49)(H,50,56)/t24?,35-,36-,37-/m0/s1. The van der Waals surface area contributed by atoms with Gasteiger partial charge in [0.25, 0.3) is 0 Å². The van der Waals surface area contributed by atoms with Crippen molar-refractivity contribution in [2.24, 2.45) is 5.92 Å². The van der Waals surface area contributed by atoms with Gasteiger partial charge in [-0.15, -0.1) is 0 Å². The van der Waals surface area contributed by atoms with Crippen LogP contribution < -0.4 is 10.6 Å². The highest BCUT2D eigenvalue weighted by molar-refractivity contribution is 5.92. The van der Waals surface area contributed by atoms with Gasteiger partial charge < -0.3 is 39.9 Å². The van der Waals surface area contributed by atoms with Gasteiger partial charge in [-0.25, -0.2) is 19.6 Å². The van der Waals surface area contributed by atoms with Crippen molar-refractivity contribution in [3.8, 4) is 22.4 Å². The first-order chi connectivity index (χ1) is 28.0. The molecule has 300 valence electrons. The fourth-order valence-corrected chi connectivity index (χ4v) is 8.25. The molecular weight excluding hydrogens is 739 g/mol. The number of aromatic amines is 2. The van der Waals surface area contributed by atoms with E-state index in [2.05, 4.69) is 61.7 Å². The number of imidazole rings is 2. The number of H-pyrrole nitrogens is 2. The van der Waals surface area contributed by atoms with Gasteiger partial charge in [-0.05, 0) is 91.4 Å². The second-order valence-corrected chi connectivity index (χ2v) is 15.4. The molecule has 1 unspecified atom stereocenters. The predicted octanol–water partition coefficient (Wildman–Crippen LogP) is 6.77. The molecular formula is C43H47N9O6. The van der Waals surface area contributed by atoms with Gasteiger partial charge in [0.2, 0.25) is 11.8 Å². The summed E-state index contributed by atoms with van der Waals surface area (Å²) in [5, 5.41) is 7.32. The summed E-state index contributed by atoms with van der Waals surface area (Å²) in [5.41, 5.74) is 7.16. The largest absolute Gasteiger partial charge is 0.453 e. The molecule has 0 aliphatic carbocycles. The zero-order valence-corrected chi connectivity index (χ0v) is 33.2. The quantitative estimate of drug-likeness (QED) is 0.123. The Hall–Kier alpha value is -6.51. The SMILES string of the molecule is COC(=O)NC(C)C(=O)N1CCC[C@H]1c1nc2ccc(-c3cc4ccc(-c5ccc6nc([C@@H]7CCCN7C(=O)[C@@H](NC(=O)OC)C(C)C)[nH]c6c5)cc4cn3)cc2[nH]1. The Morgan fingerprint density at radius 3 is 1.86 bits per heavy atom. The summed E-state index contributed by atoms with van der Waals surface area (Å²) in [4.78, 5) is 75.7. The number of benzene rings is 3. The lowest BCUT2D eigenvalue weighted by atomic mass is 10.0. The van der Waals surface area contributed by atoms with E-state index in [1.807, 2.05) is 49.2 Å². The molecule has 3 aromatic heterocycles. The number of pyridine rings is 1. The maximum atomic E-state index is 13.6. The lowest BCUT2D eigenvalue weighted by Crippen LogP contribution is -2.51. The van der Waals surface area contributed by atoms with Crippen LogP contribution in [0.25, 0.3) is 55.2 Å². The molecule has 8 rings (SSSR count). The summed E-state index contributed by atoms with van der Waals surface area (Å²) in [6.45, 7) is 6.63. The summed E-state index contributed by atoms with van der Waals surface area (Å²) < 4.78 is 9.44. The first-order valence-electron chi connectivity index (χ1n) is 19.7. The average molecular weight is 786 g/mol. The lowest BCUT2D eigenvalue weighted by molar-refractivity contribution is -0.135. The Kier molecular flexibility index (Phi) is 10.4. The Balaban J connectivity index is 0.992. The van der Waals surface area contributed by atoms with Crippen molar-refractivity contribution in [2.45, 2.75) is 70.6 Å². The van der Waals surface area contributed by atoms with E-state index in [1.54, 1.807) is 11.8 Å². The number of rotatable bonds is 9. The molecule has 15 nitrogen and oxygen atoms in total. The van der Waals surface area contributed by atoms with E-state index in [1.165, 1.54) is 14.2 Å². The fourth-order valence-electron chi connectivity index (χ4n) is 8.25. The molecule has 4 amide bonds. The normalized spacial score (nSPS) is 17.9. The number of likely N-dealkylation sites (tertiary alicyclic amines) is 2. The minimum Gasteiger partial charge on any atom is -0.453 e. The topological polar surface area (TPSA) is 188 Å². The fraction of sp³-hybridized carbons (Fsp3) is 0.372. The molecule has 4 N–H and O–H groups in total. The van der Waals surface area contributed by atoms with Gasteiger partial charge in [0.05, 0.1) is 54.1 Å². The molecule has 58 heavy (non-hydrogen) atoms. The zero-order valence-electron chi connectivity index (χ0n) is 33.2.